The van der Waals surface area contributed by atoms with Crippen molar-refractivity contribution in [1.82, 2.24) is 0 Å². The Kier molecular flexibility index (Phi) is 2.32. The van der Waals surface area contributed by atoms with Gasteiger partial charge in [-0.25, -0.2) is 0 Å². The zero-order valence-electron chi connectivity index (χ0n) is 7.86. The van der Waals surface area contributed by atoms with Gasteiger partial charge in [-0.15, -0.1) is 0 Å². The van der Waals surface area contributed by atoms with Crippen LogP contribution in [0.15, 0.2) is 24.3 Å². The van der Waals surface area contributed by atoms with E-state index in [4.69, 9.17) is 5.26 Å². The molecule has 0 aromatic heterocycles. The Morgan fingerprint density at radius 1 is 1.36 bits per heavy atom. The van der Waals surface area contributed by atoms with Crippen LogP contribution in [0.2, 0.25) is 0 Å². The van der Waals surface area contributed by atoms with Crippen molar-refractivity contribution in [2.45, 2.75) is 25.2 Å². The lowest BCUT2D eigenvalue weighted by Crippen LogP contribution is -1.96. The van der Waals surface area contributed by atoms with Crippen LogP contribution < -0.4 is 0 Å². The van der Waals surface area contributed by atoms with Gasteiger partial charge in [-0.05, 0) is 24.3 Å². The van der Waals surface area contributed by atoms with Gasteiger partial charge in [-0.1, -0.05) is 24.3 Å². The molecular formula is C12H11NO. The first-order valence-electron chi connectivity index (χ1n) is 4.81. The first kappa shape index (κ1) is 8.96. The second kappa shape index (κ2) is 3.63. The van der Waals surface area contributed by atoms with E-state index < -0.39 is 0 Å². The molecule has 1 aliphatic rings. The van der Waals surface area contributed by atoms with Gasteiger partial charge < -0.3 is 0 Å². The molecule has 0 heterocycles. The molecule has 0 spiro atoms. The van der Waals surface area contributed by atoms with Crippen LogP contribution in [-0.4, -0.2) is 5.78 Å². The average Bonchev–Trinajstić information content (AvgIpc) is 3.02. The summed E-state index contributed by atoms with van der Waals surface area (Å²) in [6.07, 6.45) is 2.51. The molecule has 2 heteroatoms. The van der Waals surface area contributed by atoms with Crippen LogP contribution in [0.5, 0.6) is 0 Å². The summed E-state index contributed by atoms with van der Waals surface area (Å²) in [6, 6.07) is 9.52. The first-order chi connectivity index (χ1) is 6.81. The molecule has 0 N–H and O–H groups in total. The summed E-state index contributed by atoms with van der Waals surface area (Å²) in [6.45, 7) is 0. The highest BCUT2D eigenvalue weighted by Crippen LogP contribution is 2.39. The van der Waals surface area contributed by atoms with E-state index in [0.717, 1.165) is 5.92 Å². The summed E-state index contributed by atoms with van der Waals surface area (Å²) in [5, 5.41) is 8.38. The first-order valence-corrected chi connectivity index (χ1v) is 4.81. The van der Waals surface area contributed by atoms with Crippen LogP contribution in [0.4, 0.5) is 0 Å². The highest BCUT2D eigenvalue weighted by atomic mass is 16.1. The van der Waals surface area contributed by atoms with Crippen molar-refractivity contribution in [1.29, 1.82) is 5.26 Å². The molecule has 2 rings (SSSR count). The van der Waals surface area contributed by atoms with E-state index in [1.54, 1.807) is 0 Å². The number of rotatable bonds is 3. The van der Waals surface area contributed by atoms with Gasteiger partial charge in [0, 0.05) is 5.56 Å². The Morgan fingerprint density at radius 3 is 2.50 bits per heavy atom. The number of hydrogen-bond donors (Lipinski definition) is 0. The molecule has 1 aromatic rings. The molecule has 0 bridgehead atoms. The minimum absolute atomic E-state index is 0.0250. The number of nitriles is 1. The molecule has 1 saturated carbocycles. The number of carbonyl (C=O) groups is 1. The standard InChI is InChI=1S/C12H11NO/c13-8-7-12(14)11-5-3-10(4-6-11)9-1-2-9/h3-6,9H,1-2,7H2. The highest BCUT2D eigenvalue weighted by molar-refractivity contribution is 5.97. The van der Waals surface area contributed by atoms with Gasteiger partial charge in [0.1, 0.15) is 0 Å². The maximum atomic E-state index is 11.3. The van der Waals surface area contributed by atoms with E-state index >= 15 is 0 Å². The second-order valence-corrected chi connectivity index (χ2v) is 3.65. The van der Waals surface area contributed by atoms with Gasteiger partial charge in [0.15, 0.2) is 5.78 Å². The van der Waals surface area contributed by atoms with Crippen molar-refractivity contribution < 1.29 is 4.79 Å². The lowest BCUT2D eigenvalue weighted by atomic mass is 10.0. The van der Waals surface area contributed by atoms with Gasteiger partial charge in [-0.2, -0.15) is 5.26 Å². The molecule has 0 radical (unpaired) electrons. The summed E-state index contributed by atoms with van der Waals surface area (Å²) in [7, 11) is 0. The molecule has 2 nitrogen and oxygen atoms in total. The second-order valence-electron chi connectivity index (χ2n) is 3.65. The third kappa shape index (κ3) is 1.82. The summed E-state index contributed by atoms with van der Waals surface area (Å²) in [4.78, 5) is 11.3. The monoisotopic (exact) mass is 185 g/mol. The molecule has 70 valence electrons. The van der Waals surface area contributed by atoms with Crippen LogP contribution >= 0.6 is 0 Å². The Morgan fingerprint density at radius 2 is 2.00 bits per heavy atom. The predicted molar refractivity (Wildman–Crippen MR) is 53.0 cm³/mol. The lowest BCUT2D eigenvalue weighted by Gasteiger charge is -1.99. The van der Waals surface area contributed by atoms with Crippen LogP contribution in [-0.2, 0) is 0 Å². The zero-order valence-corrected chi connectivity index (χ0v) is 7.86. The molecular weight excluding hydrogens is 174 g/mol. The Balaban J connectivity index is 2.13. The third-order valence-corrected chi connectivity index (χ3v) is 2.52. The fourth-order valence-electron chi connectivity index (χ4n) is 1.53. The fourth-order valence-corrected chi connectivity index (χ4v) is 1.53. The van der Waals surface area contributed by atoms with Crippen LogP contribution in [0.1, 0.15) is 41.1 Å². The number of nitrogens with zero attached hydrogens (tertiary/aromatic N) is 1. The van der Waals surface area contributed by atoms with E-state index in [2.05, 4.69) is 0 Å². The molecule has 0 saturated heterocycles. The van der Waals surface area contributed by atoms with Gasteiger partial charge in [0.25, 0.3) is 0 Å². The van der Waals surface area contributed by atoms with Gasteiger partial charge in [0.05, 0.1) is 12.5 Å². The molecule has 1 aliphatic carbocycles. The third-order valence-electron chi connectivity index (χ3n) is 2.52. The molecule has 14 heavy (non-hydrogen) atoms. The Hall–Kier alpha value is -1.62. The van der Waals surface area contributed by atoms with Crippen LogP contribution in [0, 0.1) is 11.3 Å². The summed E-state index contributed by atoms with van der Waals surface area (Å²) in [5.74, 6) is 0.630. The maximum Gasteiger partial charge on any atom is 0.176 e. The van der Waals surface area contributed by atoms with Crippen molar-refractivity contribution in [2.24, 2.45) is 0 Å². The van der Waals surface area contributed by atoms with E-state index in [-0.39, 0.29) is 12.2 Å². The number of ketones is 1. The quantitative estimate of drug-likeness (QED) is 0.679. The average molecular weight is 185 g/mol. The number of hydrogen-bond acceptors (Lipinski definition) is 2. The molecule has 0 unspecified atom stereocenters. The highest BCUT2D eigenvalue weighted by Gasteiger charge is 2.23. The molecule has 0 aliphatic heterocycles. The lowest BCUT2D eigenvalue weighted by molar-refractivity contribution is 0.0997. The Labute approximate surface area is 83.2 Å². The largest absolute Gasteiger partial charge is 0.293 e. The van der Waals surface area contributed by atoms with Crippen LogP contribution in [0.3, 0.4) is 0 Å². The molecule has 1 fully saturated rings. The van der Waals surface area contributed by atoms with E-state index in [9.17, 15) is 4.79 Å². The number of Topliss-reactive ketones (excluding diaryl/α,β-unsaturated/α-hetero) is 1. The summed E-state index contributed by atoms with van der Waals surface area (Å²) < 4.78 is 0. The van der Waals surface area contributed by atoms with Gasteiger partial charge >= 0.3 is 0 Å². The van der Waals surface area contributed by atoms with Crippen molar-refractivity contribution in [3.8, 4) is 6.07 Å². The maximum absolute atomic E-state index is 11.3. The van der Waals surface area contributed by atoms with Crippen LogP contribution in [0.25, 0.3) is 0 Å². The SMILES string of the molecule is N#CCC(=O)c1ccc(C2CC2)cc1. The minimum Gasteiger partial charge on any atom is -0.293 e. The molecule has 0 atom stereocenters. The molecule has 0 amide bonds. The normalized spacial score (nSPS) is 14.8. The topological polar surface area (TPSA) is 40.9 Å². The van der Waals surface area contributed by atoms with Crippen molar-refractivity contribution >= 4 is 5.78 Å². The van der Waals surface area contributed by atoms with Crippen molar-refractivity contribution in [3.05, 3.63) is 35.4 Å². The van der Waals surface area contributed by atoms with Crippen molar-refractivity contribution in [3.63, 3.8) is 0 Å². The zero-order chi connectivity index (χ0) is 9.97. The van der Waals surface area contributed by atoms with E-state index in [1.807, 2.05) is 30.3 Å². The van der Waals surface area contributed by atoms with E-state index in [1.165, 1.54) is 18.4 Å². The fraction of sp³-hybridized carbons (Fsp3) is 0.333. The minimum atomic E-state index is -0.0881. The smallest absolute Gasteiger partial charge is 0.176 e. The van der Waals surface area contributed by atoms with Gasteiger partial charge in [-0.3, -0.25) is 4.79 Å². The number of carbonyl (C=O) groups excluding carboxylic acids is 1. The van der Waals surface area contributed by atoms with Gasteiger partial charge in [0.2, 0.25) is 0 Å². The Bertz CT molecular complexity index is 382. The number of benzene rings is 1. The molecule has 1 aromatic carbocycles. The van der Waals surface area contributed by atoms with E-state index in [0.29, 0.717) is 5.56 Å². The van der Waals surface area contributed by atoms with Crippen molar-refractivity contribution in [2.75, 3.05) is 0 Å². The summed E-state index contributed by atoms with van der Waals surface area (Å²) in [5.41, 5.74) is 1.97. The predicted octanol–water partition coefficient (Wildman–Crippen LogP) is 2.66. The summed E-state index contributed by atoms with van der Waals surface area (Å²) >= 11 is 0.